The Morgan fingerprint density at radius 2 is 1.77 bits per heavy atom. The number of rotatable bonds is 8. The van der Waals surface area contributed by atoms with E-state index >= 15 is 0 Å². The number of nitrogens with one attached hydrogen (secondary N) is 1. The van der Waals surface area contributed by atoms with Crippen molar-refractivity contribution in [3.63, 3.8) is 0 Å². The molecule has 1 aliphatic rings. The minimum absolute atomic E-state index is 0.314. The Kier molecular flexibility index (Phi) is 6.55. The van der Waals surface area contributed by atoms with E-state index in [4.69, 9.17) is 14.0 Å². The maximum Gasteiger partial charge on any atom is 0.237 e. The molecule has 6 heteroatoms. The van der Waals surface area contributed by atoms with Crippen LogP contribution in [0.25, 0.3) is 11.1 Å². The molecule has 0 aliphatic carbocycles. The summed E-state index contributed by atoms with van der Waals surface area (Å²) in [5.41, 5.74) is 7.71. The third-order valence-electron chi connectivity index (χ3n) is 6.35. The van der Waals surface area contributed by atoms with Crippen LogP contribution in [0.2, 0.25) is 0 Å². The molecule has 0 bridgehead atoms. The van der Waals surface area contributed by atoms with E-state index in [1.807, 2.05) is 43.1 Å². The highest BCUT2D eigenvalue weighted by Gasteiger charge is 2.29. The van der Waals surface area contributed by atoms with Crippen LogP contribution in [0.1, 0.15) is 34.2 Å². The molecule has 5 rings (SSSR count). The first-order valence-corrected chi connectivity index (χ1v) is 11.7. The van der Waals surface area contributed by atoms with Crippen LogP contribution in [-0.4, -0.2) is 12.3 Å². The van der Waals surface area contributed by atoms with E-state index in [0.717, 1.165) is 29.1 Å². The minimum Gasteiger partial charge on any atom is -0.497 e. The number of aromatic nitrogens is 1. The van der Waals surface area contributed by atoms with E-state index < -0.39 is 0 Å². The molecular formula is C29H29N3O3. The lowest BCUT2D eigenvalue weighted by atomic mass is 9.96. The van der Waals surface area contributed by atoms with Crippen LogP contribution in [0.3, 0.4) is 0 Å². The van der Waals surface area contributed by atoms with Crippen LogP contribution in [0.4, 0.5) is 5.88 Å². The molecule has 0 radical (unpaired) electrons. The zero-order chi connectivity index (χ0) is 24.2. The number of hydrogen-bond donors (Lipinski definition) is 1. The van der Waals surface area contributed by atoms with Gasteiger partial charge < -0.3 is 19.3 Å². The first-order chi connectivity index (χ1) is 17.1. The van der Waals surface area contributed by atoms with Gasteiger partial charge in [0.25, 0.3) is 0 Å². The fourth-order valence-electron chi connectivity index (χ4n) is 4.27. The molecule has 1 aromatic heterocycles. The standard InChI is InChI=1S/C29H29N3O3/c1-20-21(2)31-35-28(20)32-15-16-34-29(32)24-11-14-27(23-7-5-4-6-8-23)25(17-24)19-30-18-22-9-12-26(33-3)13-10-22/h4-17,29-30H,18-19H2,1-3H3. The monoisotopic (exact) mass is 467 g/mol. The largest absolute Gasteiger partial charge is 0.497 e. The van der Waals surface area contributed by atoms with Crippen molar-refractivity contribution in [1.82, 2.24) is 10.5 Å². The molecule has 0 fully saturated rings. The summed E-state index contributed by atoms with van der Waals surface area (Å²) in [7, 11) is 1.68. The van der Waals surface area contributed by atoms with Crippen LogP contribution in [0.15, 0.2) is 89.8 Å². The lowest BCUT2D eigenvalue weighted by Gasteiger charge is -2.23. The van der Waals surface area contributed by atoms with Gasteiger partial charge in [0, 0.05) is 30.4 Å². The van der Waals surface area contributed by atoms with Gasteiger partial charge in [-0.05, 0) is 54.3 Å². The van der Waals surface area contributed by atoms with Gasteiger partial charge in [-0.3, -0.25) is 4.90 Å². The van der Waals surface area contributed by atoms with E-state index in [9.17, 15) is 0 Å². The molecular weight excluding hydrogens is 438 g/mol. The highest BCUT2D eigenvalue weighted by molar-refractivity contribution is 5.68. The van der Waals surface area contributed by atoms with Gasteiger partial charge in [-0.25, -0.2) is 0 Å². The van der Waals surface area contributed by atoms with Gasteiger partial charge in [0.1, 0.15) is 12.0 Å². The molecule has 0 saturated heterocycles. The molecule has 6 nitrogen and oxygen atoms in total. The van der Waals surface area contributed by atoms with Crippen molar-refractivity contribution in [3.8, 4) is 16.9 Å². The normalized spacial score (nSPS) is 14.8. The predicted octanol–water partition coefficient (Wildman–Crippen LogP) is 6.26. The summed E-state index contributed by atoms with van der Waals surface area (Å²) in [5.74, 6) is 1.56. The fourth-order valence-corrected chi connectivity index (χ4v) is 4.27. The Morgan fingerprint density at radius 1 is 0.971 bits per heavy atom. The molecule has 35 heavy (non-hydrogen) atoms. The minimum atomic E-state index is -0.314. The molecule has 1 N–H and O–H groups in total. The second-order valence-electron chi connectivity index (χ2n) is 8.61. The Bertz CT molecular complexity index is 1310. The van der Waals surface area contributed by atoms with E-state index in [-0.39, 0.29) is 6.23 Å². The van der Waals surface area contributed by atoms with Crippen molar-refractivity contribution in [2.45, 2.75) is 33.2 Å². The van der Waals surface area contributed by atoms with Gasteiger partial charge in [-0.1, -0.05) is 59.8 Å². The maximum atomic E-state index is 5.99. The van der Waals surface area contributed by atoms with Crippen LogP contribution < -0.4 is 15.0 Å². The molecule has 4 aromatic rings. The zero-order valence-electron chi connectivity index (χ0n) is 20.2. The highest BCUT2D eigenvalue weighted by atomic mass is 16.5. The Hall–Kier alpha value is -4.03. The van der Waals surface area contributed by atoms with Gasteiger partial charge in [0.05, 0.1) is 12.8 Å². The summed E-state index contributed by atoms with van der Waals surface area (Å²) in [6.07, 6.45) is 3.28. The summed E-state index contributed by atoms with van der Waals surface area (Å²) < 4.78 is 16.9. The van der Waals surface area contributed by atoms with Crippen LogP contribution in [-0.2, 0) is 17.8 Å². The lowest BCUT2D eigenvalue weighted by Crippen LogP contribution is -2.21. The van der Waals surface area contributed by atoms with Crippen molar-refractivity contribution in [2.24, 2.45) is 0 Å². The maximum absolute atomic E-state index is 5.99. The molecule has 0 amide bonds. The first-order valence-electron chi connectivity index (χ1n) is 11.7. The first kappa shape index (κ1) is 22.7. The van der Waals surface area contributed by atoms with E-state index in [1.165, 1.54) is 22.3 Å². The van der Waals surface area contributed by atoms with Crippen molar-refractivity contribution in [2.75, 3.05) is 12.0 Å². The highest BCUT2D eigenvalue weighted by Crippen LogP contribution is 2.37. The average Bonchev–Trinajstić information content (AvgIpc) is 3.51. The SMILES string of the molecule is COc1ccc(CNCc2cc(C3OC=CN3c3onc(C)c3C)ccc2-c2ccccc2)cc1. The second kappa shape index (κ2) is 10.1. The van der Waals surface area contributed by atoms with Crippen LogP contribution in [0.5, 0.6) is 5.75 Å². The van der Waals surface area contributed by atoms with Crippen molar-refractivity contribution >= 4 is 5.88 Å². The predicted molar refractivity (Wildman–Crippen MR) is 137 cm³/mol. The summed E-state index contributed by atoms with van der Waals surface area (Å²) in [4.78, 5) is 1.99. The molecule has 1 aliphatic heterocycles. The molecule has 2 heterocycles. The van der Waals surface area contributed by atoms with Gasteiger partial charge in [-0.15, -0.1) is 0 Å². The number of ether oxygens (including phenoxy) is 2. The zero-order valence-corrected chi connectivity index (χ0v) is 20.2. The van der Waals surface area contributed by atoms with E-state index in [1.54, 1.807) is 13.4 Å². The number of aryl methyl sites for hydroxylation is 1. The van der Waals surface area contributed by atoms with E-state index in [0.29, 0.717) is 12.4 Å². The number of methoxy groups -OCH3 is 1. The molecule has 178 valence electrons. The second-order valence-corrected chi connectivity index (χ2v) is 8.61. The number of anilines is 1. The van der Waals surface area contributed by atoms with Crippen molar-refractivity contribution < 1.29 is 14.0 Å². The van der Waals surface area contributed by atoms with Crippen molar-refractivity contribution in [3.05, 3.63) is 113 Å². The fraction of sp³-hybridized carbons (Fsp3) is 0.207. The molecule has 0 spiro atoms. The lowest BCUT2D eigenvalue weighted by molar-refractivity contribution is 0.169. The Balaban J connectivity index is 1.41. The number of hydrogen-bond acceptors (Lipinski definition) is 6. The van der Waals surface area contributed by atoms with Gasteiger partial charge in [-0.2, -0.15) is 0 Å². The van der Waals surface area contributed by atoms with Gasteiger partial charge in [0.2, 0.25) is 12.1 Å². The average molecular weight is 468 g/mol. The molecule has 1 unspecified atom stereocenters. The van der Waals surface area contributed by atoms with E-state index in [2.05, 4.69) is 65.1 Å². The summed E-state index contributed by atoms with van der Waals surface area (Å²) in [6.45, 7) is 5.42. The summed E-state index contributed by atoms with van der Waals surface area (Å²) in [5, 5.41) is 7.72. The number of nitrogens with zero attached hydrogens (tertiary/aromatic N) is 2. The molecule has 1 atom stereocenters. The smallest absolute Gasteiger partial charge is 0.237 e. The van der Waals surface area contributed by atoms with Crippen LogP contribution >= 0.6 is 0 Å². The summed E-state index contributed by atoms with van der Waals surface area (Å²) in [6, 6.07) is 25.1. The van der Waals surface area contributed by atoms with Crippen molar-refractivity contribution in [1.29, 1.82) is 0 Å². The summed E-state index contributed by atoms with van der Waals surface area (Å²) >= 11 is 0. The quantitative estimate of drug-likeness (QED) is 0.330. The third kappa shape index (κ3) is 4.79. The van der Waals surface area contributed by atoms with Gasteiger partial charge >= 0.3 is 0 Å². The van der Waals surface area contributed by atoms with Crippen LogP contribution in [0, 0.1) is 13.8 Å². The third-order valence-corrected chi connectivity index (χ3v) is 6.35. The topological polar surface area (TPSA) is 59.8 Å². The molecule has 0 saturated carbocycles. The van der Waals surface area contributed by atoms with Gasteiger partial charge in [0.15, 0.2) is 0 Å². The Labute approximate surface area is 205 Å². The Morgan fingerprint density at radius 3 is 2.49 bits per heavy atom. The molecule has 3 aromatic carbocycles. The number of benzene rings is 3.